The van der Waals surface area contributed by atoms with Crippen LogP contribution < -0.4 is 4.74 Å². The van der Waals surface area contributed by atoms with Gasteiger partial charge in [0.15, 0.2) is 0 Å². The lowest BCUT2D eigenvalue weighted by Gasteiger charge is -2.26. The first kappa shape index (κ1) is 12.2. The van der Waals surface area contributed by atoms with Crippen LogP contribution in [0.2, 0.25) is 0 Å². The van der Waals surface area contributed by atoms with Crippen molar-refractivity contribution in [1.82, 2.24) is 4.98 Å². The van der Waals surface area contributed by atoms with Crippen LogP contribution in [0.3, 0.4) is 0 Å². The highest BCUT2D eigenvalue weighted by molar-refractivity contribution is 5.70. The normalized spacial score (nSPS) is 15.0. The van der Waals surface area contributed by atoms with Gasteiger partial charge in [-0.2, -0.15) is 0 Å². The number of hydrogen-bond donors (Lipinski definition) is 0. The Morgan fingerprint density at radius 3 is 2.84 bits per heavy atom. The predicted octanol–water partition coefficient (Wildman–Crippen LogP) is 3.08. The lowest BCUT2D eigenvalue weighted by molar-refractivity contribution is -0.0507. The zero-order valence-corrected chi connectivity index (χ0v) is 11.0. The Kier molecular flexibility index (Phi) is 3.47. The van der Waals surface area contributed by atoms with Crippen molar-refractivity contribution < 1.29 is 9.47 Å². The van der Waals surface area contributed by atoms with E-state index in [0.717, 1.165) is 42.4 Å². The molecule has 2 aromatic rings. The highest BCUT2D eigenvalue weighted by atomic mass is 16.5. The monoisotopic (exact) mass is 255 g/mol. The van der Waals surface area contributed by atoms with E-state index in [4.69, 9.17) is 9.47 Å². The summed E-state index contributed by atoms with van der Waals surface area (Å²) in [4.78, 5) is 4.23. The molecule has 0 atom stereocenters. The molecule has 0 amide bonds. The number of nitrogens with zero attached hydrogens (tertiary/aromatic N) is 1. The van der Waals surface area contributed by atoms with Gasteiger partial charge in [-0.1, -0.05) is 18.2 Å². The Labute approximate surface area is 113 Å². The van der Waals surface area contributed by atoms with E-state index in [9.17, 15) is 0 Å². The van der Waals surface area contributed by atoms with Crippen LogP contribution in [-0.2, 0) is 4.74 Å². The van der Waals surface area contributed by atoms with Crippen LogP contribution in [0.15, 0.2) is 42.6 Å². The van der Waals surface area contributed by atoms with Gasteiger partial charge in [-0.3, -0.25) is 4.98 Å². The summed E-state index contributed by atoms with van der Waals surface area (Å²) in [6, 6.07) is 12.2. The third-order valence-corrected chi connectivity index (χ3v) is 3.28. The number of rotatable bonds is 4. The maximum Gasteiger partial charge on any atom is 0.127 e. The molecular formula is C16H17NO2. The zero-order valence-electron chi connectivity index (χ0n) is 11.0. The third-order valence-electron chi connectivity index (χ3n) is 3.28. The van der Waals surface area contributed by atoms with Gasteiger partial charge in [-0.15, -0.1) is 0 Å². The molecule has 1 saturated heterocycles. The second-order valence-electron chi connectivity index (χ2n) is 4.90. The van der Waals surface area contributed by atoms with Crippen molar-refractivity contribution in [2.75, 3.05) is 19.8 Å². The lowest BCUT2D eigenvalue weighted by atomic mass is 10.0. The summed E-state index contributed by atoms with van der Waals surface area (Å²) < 4.78 is 11.1. The molecule has 0 aliphatic carbocycles. The molecule has 19 heavy (non-hydrogen) atoms. The molecule has 98 valence electrons. The van der Waals surface area contributed by atoms with Gasteiger partial charge in [0.25, 0.3) is 0 Å². The fraction of sp³-hybridized carbons (Fsp3) is 0.312. The fourth-order valence-electron chi connectivity index (χ4n) is 2.13. The van der Waals surface area contributed by atoms with E-state index < -0.39 is 0 Å². The molecule has 3 rings (SSSR count). The number of hydrogen-bond acceptors (Lipinski definition) is 3. The van der Waals surface area contributed by atoms with Crippen LogP contribution in [0.5, 0.6) is 5.75 Å². The molecule has 1 aliphatic rings. The van der Waals surface area contributed by atoms with Crippen molar-refractivity contribution in [3.63, 3.8) is 0 Å². The molecule has 1 aliphatic heterocycles. The molecule has 0 spiro atoms. The Balaban J connectivity index is 1.83. The topological polar surface area (TPSA) is 31.4 Å². The fourth-order valence-corrected chi connectivity index (χ4v) is 2.13. The van der Waals surface area contributed by atoms with Crippen LogP contribution in [0.25, 0.3) is 11.1 Å². The summed E-state index contributed by atoms with van der Waals surface area (Å²) in [6.07, 6.45) is 1.83. The van der Waals surface area contributed by atoms with Crippen molar-refractivity contribution in [3.05, 3.63) is 48.3 Å². The van der Waals surface area contributed by atoms with Crippen molar-refractivity contribution in [2.45, 2.75) is 6.92 Å². The summed E-state index contributed by atoms with van der Waals surface area (Å²) in [5.41, 5.74) is 3.28. The number of benzene rings is 1. The maximum atomic E-state index is 5.93. The van der Waals surface area contributed by atoms with Gasteiger partial charge in [0.05, 0.1) is 19.8 Å². The first-order valence-electron chi connectivity index (χ1n) is 6.55. The summed E-state index contributed by atoms with van der Waals surface area (Å²) >= 11 is 0. The summed E-state index contributed by atoms with van der Waals surface area (Å²) in [6.45, 7) is 4.35. The smallest absolute Gasteiger partial charge is 0.127 e. The first-order valence-corrected chi connectivity index (χ1v) is 6.55. The van der Waals surface area contributed by atoms with E-state index in [1.807, 2.05) is 37.4 Å². The Hall–Kier alpha value is -1.87. The molecule has 1 fully saturated rings. The molecule has 3 heteroatoms. The number of aromatic nitrogens is 1. The largest absolute Gasteiger partial charge is 0.492 e. The molecule has 1 aromatic heterocycles. The van der Waals surface area contributed by atoms with E-state index in [0.29, 0.717) is 5.92 Å². The van der Waals surface area contributed by atoms with Crippen molar-refractivity contribution in [1.29, 1.82) is 0 Å². The van der Waals surface area contributed by atoms with Gasteiger partial charge in [0, 0.05) is 23.4 Å². The standard InChI is InChI=1S/C16H17NO2/c1-12-8-14(6-7-17-12)15-4-2-3-5-16(15)19-11-13-9-18-10-13/h2-8,13H,9-11H2,1H3. The first-order chi connectivity index (χ1) is 9.33. The molecule has 0 bridgehead atoms. The van der Waals surface area contributed by atoms with E-state index in [1.165, 1.54) is 0 Å². The van der Waals surface area contributed by atoms with Crippen molar-refractivity contribution >= 4 is 0 Å². The summed E-state index contributed by atoms with van der Waals surface area (Å²) in [5, 5.41) is 0. The van der Waals surface area contributed by atoms with Gasteiger partial charge < -0.3 is 9.47 Å². The van der Waals surface area contributed by atoms with Gasteiger partial charge >= 0.3 is 0 Å². The van der Waals surface area contributed by atoms with Crippen LogP contribution in [0.1, 0.15) is 5.69 Å². The van der Waals surface area contributed by atoms with Gasteiger partial charge in [-0.05, 0) is 30.7 Å². The van der Waals surface area contributed by atoms with Crippen LogP contribution >= 0.6 is 0 Å². The minimum absolute atomic E-state index is 0.534. The number of ether oxygens (including phenoxy) is 2. The summed E-state index contributed by atoms with van der Waals surface area (Å²) in [7, 11) is 0. The number of aryl methyl sites for hydroxylation is 1. The highest BCUT2D eigenvalue weighted by Crippen LogP contribution is 2.30. The lowest BCUT2D eigenvalue weighted by Crippen LogP contribution is -2.32. The average Bonchev–Trinajstić information content (AvgIpc) is 2.37. The Morgan fingerprint density at radius 2 is 2.11 bits per heavy atom. The van der Waals surface area contributed by atoms with Crippen LogP contribution in [0, 0.1) is 12.8 Å². The van der Waals surface area contributed by atoms with Crippen LogP contribution in [-0.4, -0.2) is 24.8 Å². The molecule has 2 heterocycles. The molecule has 0 N–H and O–H groups in total. The Bertz CT molecular complexity index is 564. The molecule has 1 aromatic carbocycles. The van der Waals surface area contributed by atoms with E-state index in [1.54, 1.807) is 0 Å². The second-order valence-corrected chi connectivity index (χ2v) is 4.90. The molecule has 0 saturated carbocycles. The SMILES string of the molecule is Cc1cc(-c2ccccc2OCC2COC2)ccn1. The highest BCUT2D eigenvalue weighted by Gasteiger charge is 2.19. The van der Waals surface area contributed by atoms with Crippen LogP contribution in [0.4, 0.5) is 0 Å². The van der Waals surface area contributed by atoms with Crippen molar-refractivity contribution in [2.24, 2.45) is 5.92 Å². The third kappa shape index (κ3) is 2.76. The quantitative estimate of drug-likeness (QED) is 0.841. The maximum absolute atomic E-state index is 5.93. The molecule has 0 unspecified atom stereocenters. The molecular weight excluding hydrogens is 238 g/mol. The number of para-hydroxylation sites is 1. The molecule has 0 radical (unpaired) electrons. The van der Waals surface area contributed by atoms with E-state index >= 15 is 0 Å². The predicted molar refractivity (Wildman–Crippen MR) is 74.2 cm³/mol. The Morgan fingerprint density at radius 1 is 1.26 bits per heavy atom. The van der Waals surface area contributed by atoms with Crippen molar-refractivity contribution in [3.8, 4) is 16.9 Å². The minimum atomic E-state index is 0.534. The minimum Gasteiger partial charge on any atom is -0.492 e. The van der Waals surface area contributed by atoms with Gasteiger partial charge in [0.2, 0.25) is 0 Å². The zero-order chi connectivity index (χ0) is 13.1. The van der Waals surface area contributed by atoms with E-state index in [2.05, 4.69) is 17.1 Å². The second kappa shape index (κ2) is 5.41. The summed E-state index contributed by atoms with van der Waals surface area (Å²) in [5.74, 6) is 1.47. The van der Waals surface area contributed by atoms with Gasteiger partial charge in [0.1, 0.15) is 5.75 Å². The van der Waals surface area contributed by atoms with Gasteiger partial charge in [-0.25, -0.2) is 0 Å². The number of pyridine rings is 1. The average molecular weight is 255 g/mol. The van der Waals surface area contributed by atoms with E-state index in [-0.39, 0.29) is 0 Å². The molecule has 3 nitrogen and oxygen atoms in total.